The van der Waals surface area contributed by atoms with Crippen molar-refractivity contribution in [1.29, 1.82) is 0 Å². The van der Waals surface area contributed by atoms with Crippen LogP contribution in [0.2, 0.25) is 10.0 Å². The normalized spacial score (nSPS) is 14.9. The number of amides is 1. The van der Waals surface area contributed by atoms with E-state index < -0.39 is 0 Å². The first-order valence-corrected chi connectivity index (χ1v) is 9.89. The molecule has 1 fully saturated rings. The average molecular weight is 384 g/mol. The summed E-state index contributed by atoms with van der Waals surface area (Å²) < 4.78 is 1.95. The van der Waals surface area contributed by atoms with Crippen LogP contribution in [0.4, 0.5) is 5.82 Å². The van der Waals surface area contributed by atoms with Gasteiger partial charge in [0.25, 0.3) is 0 Å². The van der Waals surface area contributed by atoms with Crippen molar-refractivity contribution in [2.24, 2.45) is 0 Å². The number of thioether (sulfide) groups is 1. The fraction of sp³-hybridized carbons (Fsp3) is 0.412. The van der Waals surface area contributed by atoms with Gasteiger partial charge in [0, 0.05) is 21.9 Å². The number of carbonyl (C=O) groups is 1. The minimum atomic E-state index is -0.0233. The molecule has 1 aliphatic carbocycles. The van der Waals surface area contributed by atoms with Gasteiger partial charge in [-0.3, -0.25) is 4.79 Å². The van der Waals surface area contributed by atoms with Gasteiger partial charge in [-0.25, -0.2) is 4.68 Å². The Morgan fingerprint density at radius 2 is 2.08 bits per heavy atom. The van der Waals surface area contributed by atoms with Crippen LogP contribution in [0, 0.1) is 0 Å². The molecule has 1 aliphatic rings. The van der Waals surface area contributed by atoms with Gasteiger partial charge in [0.15, 0.2) is 0 Å². The molecule has 1 heterocycles. The van der Waals surface area contributed by atoms with Gasteiger partial charge in [-0.1, -0.05) is 42.1 Å². The van der Waals surface area contributed by atoms with Gasteiger partial charge in [-0.05, 0) is 30.5 Å². The second-order valence-corrected chi connectivity index (χ2v) is 7.71. The average Bonchev–Trinajstić information content (AvgIpc) is 3.20. The largest absolute Gasteiger partial charge is 0.310 e. The van der Waals surface area contributed by atoms with E-state index in [1.54, 1.807) is 12.3 Å². The van der Waals surface area contributed by atoms with E-state index >= 15 is 0 Å². The molecule has 1 saturated carbocycles. The number of hydrogen-bond donors (Lipinski definition) is 1. The maximum Gasteiger partial charge on any atom is 0.235 e. The standard InChI is InChI=1S/C17H19Cl2N3OS/c18-13-6-5-12(15(19)9-13)10-24-11-17(23)21-16-7-8-20-22(16)14-3-1-2-4-14/h5-9,14H,1-4,10-11H2,(H,21,23). The van der Waals surface area contributed by atoms with Gasteiger partial charge in [0.2, 0.25) is 5.91 Å². The molecule has 0 unspecified atom stereocenters. The fourth-order valence-corrected chi connectivity index (χ4v) is 4.31. The minimum Gasteiger partial charge on any atom is -0.310 e. The fourth-order valence-electron chi connectivity index (χ4n) is 2.92. The Bertz CT molecular complexity index is 714. The Hall–Kier alpha value is -1.17. The zero-order chi connectivity index (χ0) is 16.9. The maximum atomic E-state index is 12.2. The van der Waals surface area contributed by atoms with E-state index in [1.807, 2.05) is 22.9 Å². The minimum absolute atomic E-state index is 0.0233. The van der Waals surface area contributed by atoms with E-state index in [0.29, 0.717) is 27.6 Å². The van der Waals surface area contributed by atoms with Crippen LogP contribution in [0.15, 0.2) is 30.5 Å². The topological polar surface area (TPSA) is 46.9 Å². The number of nitrogens with one attached hydrogen (secondary N) is 1. The number of aromatic nitrogens is 2. The molecule has 4 nitrogen and oxygen atoms in total. The second-order valence-electron chi connectivity index (χ2n) is 5.88. The SMILES string of the molecule is O=C(CSCc1ccc(Cl)cc1Cl)Nc1ccnn1C1CCCC1. The van der Waals surface area contributed by atoms with Gasteiger partial charge < -0.3 is 5.32 Å². The van der Waals surface area contributed by atoms with E-state index in [-0.39, 0.29) is 5.91 Å². The van der Waals surface area contributed by atoms with E-state index in [0.717, 1.165) is 24.2 Å². The molecule has 1 amide bonds. The smallest absolute Gasteiger partial charge is 0.235 e. The highest BCUT2D eigenvalue weighted by atomic mass is 35.5. The Labute approximate surface area is 155 Å². The summed E-state index contributed by atoms with van der Waals surface area (Å²) in [5, 5.41) is 8.58. The third-order valence-corrected chi connectivity index (χ3v) is 5.68. The van der Waals surface area contributed by atoms with Crippen molar-refractivity contribution in [2.45, 2.75) is 37.5 Å². The third kappa shape index (κ3) is 4.47. The van der Waals surface area contributed by atoms with Crippen LogP contribution in [0.5, 0.6) is 0 Å². The van der Waals surface area contributed by atoms with Crippen molar-refractivity contribution < 1.29 is 4.79 Å². The van der Waals surface area contributed by atoms with E-state index in [1.165, 1.54) is 24.6 Å². The van der Waals surface area contributed by atoms with Crippen molar-refractivity contribution in [1.82, 2.24) is 9.78 Å². The van der Waals surface area contributed by atoms with Crippen molar-refractivity contribution in [3.8, 4) is 0 Å². The second kappa shape index (κ2) is 8.28. The summed E-state index contributed by atoms with van der Waals surface area (Å²) >= 11 is 13.6. The lowest BCUT2D eigenvalue weighted by molar-refractivity contribution is -0.113. The van der Waals surface area contributed by atoms with Crippen molar-refractivity contribution in [3.05, 3.63) is 46.1 Å². The Morgan fingerprint density at radius 1 is 1.29 bits per heavy atom. The van der Waals surface area contributed by atoms with Crippen molar-refractivity contribution >= 4 is 46.7 Å². The van der Waals surface area contributed by atoms with Crippen molar-refractivity contribution in [2.75, 3.05) is 11.1 Å². The van der Waals surface area contributed by atoms with Crippen LogP contribution < -0.4 is 5.32 Å². The summed E-state index contributed by atoms with van der Waals surface area (Å²) in [5.41, 5.74) is 0.981. The Balaban J connectivity index is 1.50. The monoisotopic (exact) mass is 383 g/mol. The van der Waals surface area contributed by atoms with Gasteiger partial charge in [0.05, 0.1) is 18.0 Å². The number of carbonyl (C=O) groups excluding carboxylic acids is 1. The maximum absolute atomic E-state index is 12.2. The van der Waals surface area contributed by atoms with Gasteiger partial charge in [0.1, 0.15) is 5.82 Å². The lowest BCUT2D eigenvalue weighted by Crippen LogP contribution is -2.19. The summed E-state index contributed by atoms with van der Waals surface area (Å²) in [6.07, 6.45) is 6.47. The van der Waals surface area contributed by atoms with Crippen LogP contribution in [0.25, 0.3) is 0 Å². The summed E-state index contributed by atoms with van der Waals surface area (Å²) in [4.78, 5) is 12.2. The van der Waals surface area contributed by atoms with Gasteiger partial charge in [-0.2, -0.15) is 5.10 Å². The zero-order valence-electron chi connectivity index (χ0n) is 13.2. The number of rotatable bonds is 6. The first-order valence-electron chi connectivity index (χ1n) is 7.98. The molecule has 0 atom stereocenters. The van der Waals surface area contributed by atoms with Crippen LogP contribution in [-0.4, -0.2) is 21.4 Å². The molecule has 1 N–H and O–H groups in total. The van der Waals surface area contributed by atoms with Gasteiger partial charge >= 0.3 is 0 Å². The molecular formula is C17H19Cl2N3OS. The van der Waals surface area contributed by atoms with E-state index in [2.05, 4.69) is 10.4 Å². The summed E-state index contributed by atoms with van der Waals surface area (Å²) in [7, 11) is 0. The number of anilines is 1. The highest BCUT2D eigenvalue weighted by Crippen LogP contribution is 2.31. The first-order chi connectivity index (χ1) is 11.6. The summed E-state index contributed by atoms with van der Waals surface area (Å²) in [5.74, 6) is 1.81. The van der Waals surface area contributed by atoms with Crippen LogP contribution in [0.3, 0.4) is 0 Å². The van der Waals surface area contributed by atoms with Crippen LogP contribution in [-0.2, 0) is 10.5 Å². The van der Waals surface area contributed by atoms with Crippen molar-refractivity contribution in [3.63, 3.8) is 0 Å². The molecule has 0 radical (unpaired) electrons. The molecule has 0 aliphatic heterocycles. The number of halogens is 2. The number of benzene rings is 1. The zero-order valence-corrected chi connectivity index (χ0v) is 15.5. The molecular weight excluding hydrogens is 365 g/mol. The molecule has 2 aromatic rings. The molecule has 3 rings (SSSR count). The predicted octanol–water partition coefficient (Wildman–Crippen LogP) is 5.18. The molecule has 0 saturated heterocycles. The number of nitrogens with zero attached hydrogens (tertiary/aromatic N) is 2. The highest BCUT2D eigenvalue weighted by molar-refractivity contribution is 7.99. The molecule has 1 aromatic heterocycles. The van der Waals surface area contributed by atoms with E-state index in [9.17, 15) is 4.79 Å². The summed E-state index contributed by atoms with van der Waals surface area (Å²) in [6, 6.07) is 7.70. The highest BCUT2D eigenvalue weighted by Gasteiger charge is 2.20. The molecule has 24 heavy (non-hydrogen) atoms. The van der Waals surface area contributed by atoms with E-state index in [4.69, 9.17) is 23.2 Å². The number of hydrogen-bond acceptors (Lipinski definition) is 3. The third-order valence-electron chi connectivity index (χ3n) is 4.11. The lowest BCUT2D eigenvalue weighted by Gasteiger charge is -2.14. The Morgan fingerprint density at radius 3 is 2.83 bits per heavy atom. The molecule has 1 aromatic carbocycles. The van der Waals surface area contributed by atoms with Crippen LogP contribution >= 0.6 is 35.0 Å². The molecule has 0 spiro atoms. The predicted molar refractivity (Wildman–Crippen MR) is 101 cm³/mol. The summed E-state index contributed by atoms with van der Waals surface area (Å²) in [6.45, 7) is 0. The molecule has 7 heteroatoms. The Kier molecular flexibility index (Phi) is 6.09. The molecule has 0 bridgehead atoms. The lowest BCUT2D eigenvalue weighted by atomic mass is 10.2. The van der Waals surface area contributed by atoms with Gasteiger partial charge in [-0.15, -0.1) is 11.8 Å². The quantitative estimate of drug-likeness (QED) is 0.747. The van der Waals surface area contributed by atoms with Crippen LogP contribution in [0.1, 0.15) is 37.3 Å². The molecule has 128 valence electrons. The first kappa shape index (κ1) is 17.6.